The molecule has 5 nitrogen and oxygen atoms in total. The number of hydrogen-bond donors (Lipinski definition) is 0. The van der Waals surface area contributed by atoms with Gasteiger partial charge in [0.2, 0.25) is 5.91 Å². The first-order valence-electron chi connectivity index (χ1n) is 9.16. The van der Waals surface area contributed by atoms with Crippen molar-refractivity contribution in [3.63, 3.8) is 0 Å². The summed E-state index contributed by atoms with van der Waals surface area (Å²) in [7, 11) is 1.64. The summed E-state index contributed by atoms with van der Waals surface area (Å²) in [6.45, 7) is 2.09. The number of aromatic nitrogens is 2. The maximum atomic E-state index is 12.8. The van der Waals surface area contributed by atoms with Crippen LogP contribution in [-0.2, 0) is 11.2 Å². The molecule has 1 atom stereocenters. The molecule has 142 valence electrons. The number of amides is 1. The molecule has 28 heavy (non-hydrogen) atoms. The highest BCUT2D eigenvalue weighted by molar-refractivity contribution is 7.99. The van der Waals surface area contributed by atoms with Crippen LogP contribution in [0.4, 0.5) is 5.69 Å². The van der Waals surface area contributed by atoms with Crippen LogP contribution in [0.3, 0.4) is 0 Å². The van der Waals surface area contributed by atoms with E-state index in [1.165, 1.54) is 17.3 Å². The molecule has 1 amide bonds. The van der Waals surface area contributed by atoms with Crippen molar-refractivity contribution < 1.29 is 9.53 Å². The molecule has 2 aromatic carbocycles. The normalized spacial score (nSPS) is 15.4. The summed E-state index contributed by atoms with van der Waals surface area (Å²) in [5.41, 5.74) is 4.03. The fourth-order valence-electron chi connectivity index (χ4n) is 3.46. The number of carbonyl (C=O) groups excluding carboxylic acids is 1. The maximum absolute atomic E-state index is 12.8. The summed E-state index contributed by atoms with van der Waals surface area (Å²) >= 11 is 1.42. The molecule has 4 rings (SSSR count). The van der Waals surface area contributed by atoms with Crippen LogP contribution in [0.2, 0.25) is 0 Å². The molecule has 0 aliphatic carbocycles. The summed E-state index contributed by atoms with van der Waals surface area (Å²) in [6, 6.07) is 19.8. The van der Waals surface area contributed by atoms with Crippen LogP contribution in [0, 0.1) is 0 Å². The largest absolute Gasteiger partial charge is 0.497 e. The number of para-hydroxylation sites is 1. The van der Waals surface area contributed by atoms with E-state index in [-0.39, 0.29) is 11.9 Å². The molecule has 0 saturated carbocycles. The van der Waals surface area contributed by atoms with E-state index in [9.17, 15) is 4.79 Å². The van der Waals surface area contributed by atoms with E-state index in [4.69, 9.17) is 4.74 Å². The first-order chi connectivity index (χ1) is 13.7. The van der Waals surface area contributed by atoms with E-state index < -0.39 is 0 Å². The minimum atomic E-state index is 0.100. The van der Waals surface area contributed by atoms with Crippen molar-refractivity contribution in [3.05, 3.63) is 66.2 Å². The lowest BCUT2D eigenvalue weighted by atomic mass is 10.1. The number of thioether (sulfide) groups is 1. The van der Waals surface area contributed by atoms with Gasteiger partial charge >= 0.3 is 0 Å². The molecule has 0 N–H and O–H groups in total. The van der Waals surface area contributed by atoms with Gasteiger partial charge in [-0.15, -0.1) is 10.2 Å². The van der Waals surface area contributed by atoms with Crippen molar-refractivity contribution in [1.82, 2.24) is 10.2 Å². The van der Waals surface area contributed by atoms with Crippen LogP contribution in [-0.4, -0.2) is 35.0 Å². The molecular weight excluding hydrogens is 370 g/mol. The Kier molecular flexibility index (Phi) is 5.30. The standard InChI is InChI=1S/C22H21N3O2S/c1-15-13-17-5-3-4-6-20(17)25(15)22(26)14-28-21-12-11-19(23-24-21)16-7-9-18(27-2)10-8-16/h3-12,15H,13-14H2,1-2H3/t15-/m1/s1. The maximum Gasteiger partial charge on any atom is 0.237 e. The highest BCUT2D eigenvalue weighted by Crippen LogP contribution is 2.32. The van der Waals surface area contributed by atoms with Crippen molar-refractivity contribution >= 4 is 23.4 Å². The SMILES string of the molecule is COc1ccc(-c2ccc(SCC(=O)N3c4ccccc4C[C@H]3C)nn2)cc1. The zero-order chi connectivity index (χ0) is 19.5. The van der Waals surface area contributed by atoms with Gasteiger partial charge in [-0.1, -0.05) is 30.0 Å². The summed E-state index contributed by atoms with van der Waals surface area (Å²) in [6.07, 6.45) is 0.906. The fraction of sp³-hybridized carbons (Fsp3) is 0.227. The Balaban J connectivity index is 1.40. The monoisotopic (exact) mass is 391 g/mol. The molecule has 2 heterocycles. The first-order valence-corrected chi connectivity index (χ1v) is 10.1. The average Bonchev–Trinajstić information content (AvgIpc) is 3.08. The Bertz CT molecular complexity index is 974. The van der Waals surface area contributed by atoms with E-state index >= 15 is 0 Å². The van der Waals surface area contributed by atoms with Gasteiger partial charge in [0.05, 0.1) is 18.6 Å². The van der Waals surface area contributed by atoms with Crippen LogP contribution >= 0.6 is 11.8 Å². The van der Waals surface area contributed by atoms with Gasteiger partial charge in [-0.25, -0.2) is 0 Å². The van der Waals surface area contributed by atoms with Gasteiger partial charge in [-0.05, 0) is 61.4 Å². The van der Waals surface area contributed by atoms with E-state index in [0.29, 0.717) is 5.75 Å². The molecule has 1 aliphatic heterocycles. The molecule has 6 heteroatoms. The molecule has 1 aliphatic rings. The molecular formula is C22H21N3O2S. The van der Waals surface area contributed by atoms with Crippen molar-refractivity contribution in [2.75, 3.05) is 17.8 Å². The summed E-state index contributed by atoms with van der Waals surface area (Å²) in [4.78, 5) is 14.7. The second kappa shape index (κ2) is 8.02. The van der Waals surface area contributed by atoms with Crippen molar-refractivity contribution in [2.24, 2.45) is 0 Å². The average molecular weight is 391 g/mol. The van der Waals surface area contributed by atoms with E-state index in [2.05, 4.69) is 23.2 Å². The molecule has 1 aromatic heterocycles. The van der Waals surface area contributed by atoms with Gasteiger partial charge < -0.3 is 9.64 Å². The van der Waals surface area contributed by atoms with Crippen LogP contribution in [0.25, 0.3) is 11.3 Å². The quantitative estimate of drug-likeness (QED) is 0.610. The number of benzene rings is 2. The van der Waals surface area contributed by atoms with E-state index in [1.54, 1.807) is 7.11 Å². The fourth-order valence-corrected chi connectivity index (χ4v) is 4.14. The Hall–Kier alpha value is -2.86. The van der Waals surface area contributed by atoms with Gasteiger partial charge in [-0.3, -0.25) is 4.79 Å². The van der Waals surface area contributed by atoms with Gasteiger partial charge in [0.25, 0.3) is 0 Å². The second-order valence-corrected chi connectivity index (χ2v) is 7.72. The Labute approximate surface area is 168 Å². The van der Waals surface area contributed by atoms with E-state index in [0.717, 1.165) is 34.1 Å². The number of ether oxygens (including phenoxy) is 1. The summed E-state index contributed by atoms with van der Waals surface area (Å²) < 4.78 is 5.17. The number of anilines is 1. The molecule has 0 radical (unpaired) electrons. The number of rotatable bonds is 5. The zero-order valence-electron chi connectivity index (χ0n) is 15.8. The zero-order valence-corrected chi connectivity index (χ0v) is 16.6. The minimum Gasteiger partial charge on any atom is -0.497 e. The van der Waals surface area contributed by atoms with Crippen LogP contribution in [0.1, 0.15) is 12.5 Å². The summed E-state index contributed by atoms with van der Waals surface area (Å²) in [5.74, 6) is 1.25. The molecule has 0 spiro atoms. The predicted molar refractivity (Wildman–Crippen MR) is 112 cm³/mol. The summed E-state index contributed by atoms with van der Waals surface area (Å²) in [5, 5.41) is 9.31. The number of hydrogen-bond acceptors (Lipinski definition) is 5. The third-order valence-corrected chi connectivity index (χ3v) is 5.75. The third kappa shape index (κ3) is 3.73. The molecule has 0 saturated heterocycles. The van der Waals surface area contributed by atoms with Crippen molar-refractivity contribution in [1.29, 1.82) is 0 Å². The van der Waals surface area contributed by atoms with Gasteiger partial charge in [0.1, 0.15) is 10.8 Å². The van der Waals surface area contributed by atoms with E-state index in [1.807, 2.05) is 59.5 Å². The third-order valence-electron chi connectivity index (χ3n) is 4.85. The van der Waals surface area contributed by atoms with Crippen LogP contribution in [0.15, 0.2) is 65.7 Å². The Morgan fingerprint density at radius 2 is 1.89 bits per heavy atom. The molecule has 0 fully saturated rings. The minimum absolute atomic E-state index is 0.100. The molecule has 0 bridgehead atoms. The lowest BCUT2D eigenvalue weighted by molar-refractivity contribution is -0.116. The van der Waals surface area contributed by atoms with Gasteiger partial charge in [0.15, 0.2) is 0 Å². The lowest BCUT2D eigenvalue weighted by Gasteiger charge is -2.22. The number of nitrogens with zero attached hydrogens (tertiary/aromatic N) is 3. The van der Waals surface area contributed by atoms with Crippen molar-refractivity contribution in [2.45, 2.75) is 24.4 Å². The lowest BCUT2D eigenvalue weighted by Crippen LogP contribution is -2.36. The highest BCUT2D eigenvalue weighted by Gasteiger charge is 2.30. The number of fused-ring (bicyclic) bond motifs is 1. The topological polar surface area (TPSA) is 55.3 Å². The van der Waals surface area contributed by atoms with Gasteiger partial charge in [-0.2, -0.15) is 0 Å². The smallest absolute Gasteiger partial charge is 0.237 e. The highest BCUT2D eigenvalue weighted by atomic mass is 32.2. The number of methoxy groups -OCH3 is 1. The Morgan fingerprint density at radius 3 is 2.61 bits per heavy atom. The molecule has 0 unspecified atom stereocenters. The second-order valence-electron chi connectivity index (χ2n) is 6.72. The molecule has 3 aromatic rings. The van der Waals surface area contributed by atoms with Crippen molar-refractivity contribution in [3.8, 4) is 17.0 Å². The number of carbonyl (C=O) groups is 1. The predicted octanol–water partition coefficient (Wildman–Crippen LogP) is 4.22. The van der Waals surface area contributed by atoms with Gasteiger partial charge in [0, 0.05) is 17.3 Å². The van der Waals surface area contributed by atoms with Crippen LogP contribution in [0.5, 0.6) is 5.75 Å². The Morgan fingerprint density at radius 1 is 1.11 bits per heavy atom. The van der Waals surface area contributed by atoms with Crippen LogP contribution < -0.4 is 9.64 Å². The first kappa shape index (κ1) is 18.5.